The highest BCUT2D eigenvalue weighted by Gasteiger charge is 2.03. The molecule has 6 heteroatoms. The van der Waals surface area contributed by atoms with E-state index in [1.165, 1.54) is 0 Å². The summed E-state index contributed by atoms with van der Waals surface area (Å²) >= 11 is 0. The largest absolute Gasteiger partial charge is 0.497 e. The number of nitrogens with two attached hydrogens (primary N) is 1. The summed E-state index contributed by atoms with van der Waals surface area (Å²) in [5.41, 5.74) is 4.88. The number of anilines is 1. The summed E-state index contributed by atoms with van der Waals surface area (Å²) in [6, 6.07) is 7.64. The third-order valence-electron chi connectivity index (χ3n) is 2.61. The number of nitrogens with zero attached hydrogens (tertiary/aromatic N) is 1. The molecule has 1 amide bonds. The van der Waals surface area contributed by atoms with Gasteiger partial charge in [-0.2, -0.15) is 0 Å². The lowest BCUT2D eigenvalue weighted by Crippen LogP contribution is -2.18. The van der Waals surface area contributed by atoms with Gasteiger partial charge in [-0.1, -0.05) is 0 Å². The van der Waals surface area contributed by atoms with Crippen LogP contribution in [0.4, 0.5) is 10.6 Å². The minimum absolute atomic E-state index is 0.198. The number of carbonyl (C=O) groups is 1. The average molecular weight is 261 g/mol. The van der Waals surface area contributed by atoms with E-state index >= 15 is 0 Å². The number of hydrogen-bond donors (Lipinski definition) is 2. The zero-order chi connectivity index (χ0) is 13.7. The van der Waals surface area contributed by atoms with Crippen molar-refractivity contribution in [2.75, 3.05) is 25.6 Å². The number of benzene rings is 1. The molecule has 0 spiro atoms. The number of fused-ring (bicyclic) bond motifs is 1. The van der Waals surface area contributed by atoms with Crippen molar-refractivity contribution in [2.24, 2.45) is 5.73 Å². The first-order valence-electron chi connectivity index (χ1n) is 5.79. The Kier molecular flexibility index (Phi) is 4.02. The lowest BCUT2D eigenvalue weighted by Gasteiger charge is -2.09. The number of aromatic nitrogens is 1. The highest BCUT2D eigenvalue weighted by Crippen LogP contribution is 2.24. The number of pyridine rings is 1. The molecule has 0 radical (unpaired) electrons. The standard InChI is InChI=1S/C13H15N3O3/c1-18-10-2-3-11-9(8-10)4-5-15-12(11)16-6-7-19-13(14)17/h2-5,8H,6-7H2,1H3,(H2,14,17)(H,15,16). The van der Waals surface area contributed by atoms with Gasteiger partial charge in [-0.15, -0.1) is 0 Å². The summed E-state index contributed by atoms with van der Waals surface area (Å²) in [7, 11) is 1.63. The van der Waals surface area contributed by atoms with Crippen molar-refractivity contribution in [3.63, 3.8) is 0 Å². The molecule has 0 aliphatic rings. The van der Waals surface area contributed by atoms with Gasteiger partial charge in [0.05, 0.1) is 13.7 Å². The first-order valence-corrected chi connectivity index (χ1v) is 5.79. The number of ether oxygens (including phenoxy) is 2. The monoisotopic (exact) mass is 261 g/mol. The second-order valence-corrected chi connectivity index (χ2v) is 3.84. The normalized spacial score (nSPS) is 10.2. The second-order valence-electron chi connectivity index (χ2n) is 3.84. The molecule has 3 N–H and O–H groups in total. The van der Waals surface area contributed by atoms with Crippen molar-refractivity contribution in [1.82, 2.24) is 4.98 Å². The quantitative estimate of drug-likeness (QED) is 0.801. The van der Waals surface area contributed by atoms with Crippen LogP contribution in [-0.4, -0.2) is 31.3 Å². The van der Waals surface area contributed by atoms with Crippen LogP contribution in [0.2, 0.25) is 0 Å². The summed E-state index contributed by atoms with van der Waals surface area (Å²) in [6.45, 7) is 0.643. The molecule has 100 valence electrons. The van der Waals surface area contributed by atoms with E-state index in [-0.39, 0.29) is 6.61 Å². The minimum atomic E-state index is -0.780. The van der Waals surface area contributed by atoms with Crippen LogP contribution in [-0.2, 0) is 4.74 Å². The van der Waals surface area contributed by atoms with E-state index < -0.39 is 6.09 Å². The Hall–Kier alpha value is -2.50. The van der Waals surface area contributed by atoms with Gasteiger partial charge >= 0.3 is 6.09 Å². The molecule has 2 aromatic rings. The van der Waals surface area contributed by atoms with Gasteiger partial charge in [0.25, 0.3) is 0 Å². The number of primary amides is 1. The summed E-state index contributed by atoms with van der Waals surface area (Å²) in [4.78, 5) is 14.7. The van der Waals surface area contributed by atoms with Crippen LogP contribution in [0.1, 0.15) is 0 Å². The Morgan fingerprint density at radius 1 is 1.42 bits per heavy atom. The highest BCUT2D eigenvalue weighted by molar-refractivity contribution is 5.92. The Morgan fingerprint density at radius 2 is 2.26 bits per heavy atom. The maximum atomic E-state index is 10.4. The summed E-state index contributed by atoms with van der Waals surface area (Å²) in [5.74, 6) is 1.52. The molecule has 1 aromatic carbocycles. The summed E-state index contributed by atoms with van der Waals surface area (Å²) < 4.78 is 9.82. The predicted molar refractivity (Wildman–Crippen MR) is 72.3 cm³/mol. The molecule has 0 unspecified atom stereocenters. The van der Waals surface area contributed by atoms with E-state index in [1.807, 2.05) is 24.3 Å². The molecule has 0 aliphatic carbocycles. The SMILES string of the molecule is COc1ccc2c(NCCOC(N)=O)nccc2c1. The van der Waals surface area contributed by atoms with E-state index in [0.717, 1.165) is 22.3 Å². The van der Waals surface area contributed by atoms with Crippen LogP contribution in [0.15, 0.2) is 30.5 Å². The van der Waals surface area contributed by atoms with Crippen molar-refractivity contribution >= 4 is 22.7 Å². The number of hydrogen-bond acceptors (Lipinski definition) is 5. The molecule has 0 saturated heterocycles. The maximum absolute atomic E-state index is 10.4. The van der Waals surface area contributed by atoms with E-state index in [2.05, 4.69) is 15.0 Å². The maximum Gasteiger partial charge on any atom is 0.404 e. The van der Waals surface area contributed by atoms with Crippen LogP contribution in [0.25, 0.3) is 10.8 Å². The predicted octanol–water partition coefficient (Wildman–Crippen LogP) is 1.75. The van der Waals surface area contributed by atoms with Gasteiger partial charge in [-0.25, -0.2) is 9.78 Å². The molecule has 2 rings (SSSR count). The van der Waals surface area contributed by atoms with E-state index in [4.69, 9.17) is 10.5 Å². The molecule has 0 aliphatic heterocycles. The fourth-order valence-electron chi connectivity index (χ4n) is 1.74. The van der Waals surface area contributed by atoms with Gasteiger partial charge in [0.2, 0.25) is 0 Å². The molecule has 1 heterocycles. The molecule has 0 atom stereocenters. The lowest BCUT2D eigenvalue weighted by atomic mass is 10.1. The van der Waals surface area contributed by atoms with E-state index in [9.17, 15) is 4.79 Å². The third-order valence-corrected chi connectivity index (χ3v) is 2.61. The van der Waals surface area contributed by atoms with Gasteiger partial charge in [-0.05, 0) is 29.7 Å². The summed E-state index contributed by atoms with van der Waals surface area (Å²) in [5, 5.41) is 5.09. The minimum Gasteiger partial charge on any atom is -0.497 e. The molecule has 1 aromatic heterocycles. The zero-order valence-electron chi connectivity index (χ0n) is 10.6. The van der Waals surface area contributed by atoms with E-state index in [1.54, 1.807) is 13.3 Å². The average Bonchev–Trinajstić information content (AvgIpc) is 2.42. The van der Waals surface area contributed by atoms with Crippen molar-refractivity contribution in [2.45, 2.75) is 0 Å². The molecular weight excluding hydrogens is 246 g/mol. The van der Waals surface area contributed by atoms with Gasteiger partial charge in [0, 0.05) is 11.6 Å². The van der Waals surface area contributed by atoms with Crippen molar-refractivity contribution < 1.29 is 14.3 Å². The van der Waals surface area contributed by atoms with Gasteiger partial charge < -0.3 is 20.5 Å². The Bertz CT molecular complexity index is 586. The van der Waals surface area contributed by atoms with Gasteiger partial charge in [0.1, 0.15) is 18.2 Å². The molecule has 6 nitrogen and oxygen atoms in total. The van der Waals surface area contributed by atoms with Crippen LogP contribution in [0, 0.1) is 0 Å². The zero-order valence-corrected chi connectivity index (χ0v) is 10.6. The topological polar surface area (TPSA) is 86.5 Å². The number of amides is 1. The van der Waals surface area contributed by atoms with Gasteiger partial charge in [-0.3, -0.25) is 0 Å². The molecule has 19 heavy (non-hydrogen) atoms. The third kappa shape index (κ3) is 3.25. The van der Waals surface area contributed by atoms with Crippen LogP contribution in [0.3, 0.4) is 0 Å². The molecule has 0 bridgehead atoms. The molecular formula is C13H15N3O3. The fourth-order valence-corrected chi connectivity index (χ4v) is 1.74. The molecule has 0 fully saturated rings. The number of nitrogens with one attached hydrogen (secondary N) is 1. The fraction of sp³-hybridized carbons (Fsp3) is 0.231. The first kappa shape index (κ1) is 12.9. The smallest absolute Gasteiger partial charge is 0.404 e. The van der Waals surface area contributed by atoms with Crippen molar-refractivity contribution in [3.05, 3.63) is 30.5 Å². The number of carbonyl (C=O) groups excluding carboxylic acids is 1. The first-order chi connectivity index (χ1) is 9.20. The number of methoxy groups -OCH3 is 1. The lowest BCUT2D eigenvalue weighted by molar-refractivity contribution is 0.161. The van der Waals surface area contributed by atoms with E-state index in [0.29, 0.717) is 6.54 Å². The number of rotatable bonds is 5. The van der Waals surface area contributed by atoms with Crippen LogP contribution < -0.4 is 15.8 Å². The van der Waals surface area contributed by atoms with Gasteiger partial charge in [0.15, 0.2) is 0 Å². The second kappa shape index (κ2) is 5.90. The Balaban J connectivity index is 2.12. The molecule has 0 saturated carbocycles. The summed E-state index contributed by atoms with van der Waals surface area (Å²) in [6.07, 6.45) is 0.927. The Labute approximate surface area is 110 Å². The Morgan fingerprint density at radius 3 is 3.00 bits per heavy atom. The van der Waals surface area contributed by atoms with Crippen LogP contribution in [0.5, 0.6) is 5.75 Å². The van der Waals surface area contributed by atoms with Crippen molar-refractivity contribution in [1.29, 1.82) is 0 Å². The van der Waals surface area contributed by atoms with Crippen LogP contribution >= 0.6 is 0 Å². The van der Waals surface area contributed by atoms with Crippen molar-refractivity contribution in [3.8, 4) is 5.75 Å². The highest BCUT2D eigenvalue weighted by atomic mass is 16.5.